The standard InChI is InChI=1S/C13H17BrClN/c14-13-11(15)8-5-9-12(13)16-10-6-3-1-2-4-7-10/h5,8-10,16H,1-4,6-7H2. The Hall–Kier alpha value is -0.210. The highest BCUT2D eigenvalue weighted by Gasteiger charge is 2.13. The monoisotopic (exact) mass is 301 g/mol. The van der Waals surface area contributed by atoms with Gasteiger partial charge in [-0.2, -0.15) is 0 Å². The van der Waals surface area contributed by atoms with Crippen molar-refractivity contribution in [1.82, 2.24) is 0 Å². The molecule has 3 heteroatoms. The summed E-state index contributed by atoms with van der Waals surface area (Å²) in [6.45, 7) is 0. The summed E-state index contributed by atoms with van der Waals surface area (Å²) < 4.78 is 0.987. The second-order valence-electron chi connectivity index (χ2n) is 4.43. The van der Waals surface area contributed by atoms with Crippen LogP contribution in [0, 0.1) is 0 Å². The van der Waals surface area contributed by atoms with E-state index in [4.69, 9.17) is 11.6 Å². The van der Waals surface area contributed by atoms with E-state index >= 15 is 0 Å². The van der Waals surface area contributed by atoms with Gasteiger partial charge in [-0.05, 0) is 40.9 Å². The first kappa shape index (κ1) is 12.3. The van der Waals surface area contributed by atoms with Crippen molar-refractivity contribution in [2.75, 3.05) is 5.32 Å². The molecule has 16 heavy (non-hydrogen) atoms. The van der Waals surface area contributed by atoms with Crippen molar-refractivity contribution < 1.29 is 0 Å². The fourth-order valence-corrected chi connectivity index (χ4v) is 2.81. The molecule has 0 heterocycles. The Labute approximate surface area is 111 Å². The molecular weight excluding hydrogens is 286 g/mol. The number of rotatable bonds is 2. The van der Waals surface area contributed by atoms with E-state index in [1.807, 2.05) is 12.1 Å². The lowest BCUT2D eigenvalue weighted by Crippen LogP contribution is -2.18. The lowest BCUT2D eigenvalue weighted by Gasteiger charge is -2.19. The van der Waals surface area contributed by atoms with Crippen molar-refractivity contribution >= 4 is 33.2 Å². The Kier molecular flexibility index (Phi) is 4.54. The summed E-state index contributed by atoms with van der Waals surface area (Å²) in [6.07, 6.45) is 8.01. The van der Waals surface area contributed by atoms with Crippen LogP contribution in [0.15, 0.2) is 22.7 Å². The zero-order valence-corrected chi connectivity index (χ0v) is 11.6. The van der Waals surface area contributed by atoms with E-state index in [1.54, 1.807) is 0 Å². The lowest BCUT2D eigenvalue weighted by atomic mass is 10.1. The summed E-state index contributed by atoms with van der Waals surface area (Å²) in [6, 6.07) is 6.59. The van der Waals surface area contributed by atoms with Gasteiger partial charge in [-0.25, -0.2) is 0 Å². The molecule has 1 N–H and O–H groups in total. The van der Waals surface area contributed by atoms with Crippen LogP contribution in [-0.2, 0) is 0 Å². The highest BCUT2D eigenvalue weighted by molar-refractivity contribution is 9.10. The third-order valence-corrected chi connectivity index (χ3v) is 4.56. The average molecular weight is 303 g/mol. The zero-order chi connectivity index (χ0) is 11.4. The molecule has 1 aliphatic rings. The lowest BCUT2D eigenvalue weighted by molar-refractivity contribution is 0.620. The predicted molar refractivity (Wildman–Crippen MR) is 74.3 cm³/mol. The highest BCUT2D eigenvalue weighted by Crippen LogP contribution is 2.31. The maximum absolute atomic E-state index is 6.08. The van der Waals surface area contributed by atoms with Gasteiger partial charge in [-0.3, -0.25) is 0 Å². The first-order chi connectivity index (χ1) is 7.77. The number of halogens is 2. The SMILES string of the molecule is Clc1cccc(NC2CCCCCC2)c1Br. The van der Waals surface area contributed by atoms with E-state index in [2.05, 4.69) is 27.3 Å². The number of benzene rings is 1. The van der Waals surface area contributed by atoms with Crippen molar-refractivity contribution in [3.05, 3.63) is 27.7 Å². The normalized spacial score (nSPS) is 18.1. The van der Waals surface area contributed by atoms with Crippen LogP contribution in [0.25, 0.3) is 0 Å². The molecule has 0 atom stereocenters. The minimum Gasteiger partial charge on any atom is -0.381 e. The second kappa shape index (κ2) is 5.92. The first-order valence-electron chi connectivity index (χ1n) is 5.98. The Bertz CT molecular complexity index is 346. The van der Waals surface area contributed by atoms with Crippen LogP contribution in [0.5, 0.6) is 0 Å². The summed E-state index contributed by atoms with van der Waals surface area (Å²) in [7, 11) is 0. The highest BCUT2D eigenvalue weighted by atomic mass is 79.9. The molecule has 1 nitrogen and oxygen atoms in total. The van der Waals surface area contributed by atoms with Crippen LogP contribution in [0.4, 0.5) is 5.69 Å². The molecule has 1 aromatic carbocycles. The van der Waals surface area contributed by atoms with Gasteiger partial charge in [0.25, 0.3) is 0 Å². The molecule has 0 spiro atoms. The predicted octanol–water partition coefficient (Wildman–Crippen LogP) is 5.24. The van der Waals surface area contributed by atoms with Crippen LogP contribution >= 0.6 is 27.5 Å². The number of anilines is 1. The van der Waals surface area contributed by atoms with Crippen molar-refractivity contribution in [3.63, 3.8) is 0 Å². The molecule has 0 radical (unpaired) electrons. The van der Waals surface area contributed by atoms with E-state index in [1.165, 1.54) is 38.5 Å². The fraction of sp³-hybridized carbons (Fsp3) is 0.538. The molecule has 0 saturated heterocycles. The topological polar surface area (TPSA) is 12.0 Å². The van der Waals surface area contributed by atoms with Crippen molar-refractivity contribution in [1.29, 1.82) is 0 Å². The molecule has 88 valence electrons. The summed E-state index contributed by atoms with van der Waals surface area (Å²) in [5, 5.41) is 4.38. The molecule has 0 unspecified atom stereocenters. The molecular formula is C13H17BrClN. The first-order valence-corrected chi connectivity index (χ1v) is 7.15. The van der Waals surface area contributed by atoms with E-state index in [9.17, 15) is 0 Å². The molecule has 0 amide bonds. The number of nitrogens with one attached hydrogen (secondary N) is 1. The average Bonchev–Trinajstić information content (AvgIpc) is 2.53. The molecule has 0 bridgehead atoms. The van der Waals surface area contributed by atoms with Gasteiger partial charge in [0, 0.05) is 6.04 Å². The minimum absolute atomic E-state index is 0.609. The van der Waals surface area contributed by atoms with E-state index in [0.717, 1.165) is 15.2 Å². The summed E-state index contributed by atoms with van der Waals surface area (Å²) >= 11 is 9.61. The van der Waals surface area contributed by atoms with Crippen molar-refractivity contribution in [3.8, 4) is 0 Å². The maximum Gasteiger partial charge on any atom is 0.0593 e. The Morgan fingerprint density at radius 2 is 1.81 bits per heavy atom. The van der Waals surface area contributed by atoms with E-state index in [0.29, 0.717) is 6.04 Å². The third-order valence-electron chi connectivity index (χ3n) is 3.17. The quantitative estimate of drug-likeness (QED) is 0.737. The summed E-state index contributed by atoms with van der Waals surface area (Å²) in [5.74, 6) is 0. The molecule has 1 aromatic rings. The smallest absolute Gasteiger partial charge is 0.0593 e. The maximum atomic E-state index is 6.08. The largest absolute Gasteiger partial charge is 0.381 e. The number of hydrogen-bond acceptors (Lipinski definition) is 1. The van der Waals surface area contributed by atoms with Crippen molar-refractivity contribution in [2.45, 2.75) is 44.6 Å². The third kappa shape index (κ3) is 3.14. The van der Waals surface area contributed by atoms with Gasteiger partial charge in [-0.1, -0.05) is 43.4 Å². The summed E-state index contributed by atoms with van der Waals surface area (Å²) in [5.41, 5.74) is 1.12. The van der Waals surface area contributed by atoms with Crippen LogP contribution < -0.4 is 5.32 Å². The Balaban J connectivity index is 2.04. The van der Waals surface area contributed by atoms with Gasteiger partial charge >= 0.3 is 0 Å². The van der Waals surface area contributed by atoms with E-state index < -0.39 is 0 Å². The van der Waals surface area contributed by atoms with E-state index in [-0.39, 0.29) is 0 Å². The van der Waals surface area contributed by atoms with Gasteiger partial charge in [0.15, 0.2) is 0 Å². The van der Waals surface area contributed by atoms with Gasteiger partial charge in [0.2, 0.25) is 0 Å². The second-order valence-corrected chi connectivity index (χ2v) is 5.63. The number of hydrogen-bond donors (Lipinski definition) is 1. The fourth-order valence-electron chi connectivity index (χ4n) is 2.26. The minimum atomic E-state index is 0.609. The molecule has 0 aromatic heterocycles. The van der Waals surface area contributed by atoms with Gasteiger partial charge in [-0.15, -0.1) is 0 Å². The molecule has 1 saturated carbocycles. The zero-order valence-electron chi connectivity index (χ0n) is 9.31. The Morgan fingerprint density at radius 3 is 2.50 bits per heavy atom. The van der Waals surface area contributed by atoms with Gasteiger partial charge < -0.3 is 5.32 Å². The van der Waals surface area contributed by atoms with Gasteiger partial charge in [0.1, 0.15) is 0 Å². The van der Waals surface area contributed by atoms with Crippen LogP contribution in [0.1, 0.15) is 38.5 Å². The van der Waals surface area contributed by atoms with Crippen LogP contribution in [0.2, 0.25) is 5.02 Å². The van der Waals surface area contributed by atoms with Crippen LogP contribution in [-0.4, -0.2) is 6.04 Å². The van der Waals surface area contributed by atoms with Crippen LogP contribution in [0.3, 0.4) is 0 Å². The molecule has 1 aliphatic carbocycles. The van der Waals surface area contributed by atoms with Crippen molar-refractivity contribution in [2.24, 2.45) is 0 Å². The molecule has 0 aliphatic heterocycles. The molecule has 2 rings (SSSR count). The molecule has 1 fully saturated rings. The Morgan fingerprint density at radius 1 is 1.12 bits per heavy atom. The summed E-state index contributed by atoms with van der Waals surface area (Å²) in [4.78, 5) is 0. The van der Waals surface area contributed by atoms with Gasteiger partial charge in [0.05, 0.1) is 15.2 Å².